The van der Waals surface area contributed by atoms with Gasteiger partial charge in [-0.2, -0.15) is 0 Å². The lowest BCUT2D eigenvalue weighted by molar-refractivity contribution is -0.125. The molecule has 0 radical (unpaired) electrons. The highest BCUT2D eigenvalue weighted by Gasteiger charge is 2.57. The minimum atomic E-state index is -4.91. The lowest BCUT2D eigenvalue weighted by Crippen LogP contribution is -2.48. The monoisotopic (exact) mass is 613 g/mol. The molecule has 2 heterocycles. The molecule has 1 unspecified atom stereocenters. The predicted molar refractivity (Wildman–Crippen MR) is 130 cm³/mol. The van der Waals surface area contributed by atoms with E-state index in [1.807, 2.05) is 4.98 Å². The Kier molecular flexibility index (Phi) is 12.3. The molecule has 1 saturated heterocycles. The average molecular weight is 613 g/mol. The van der Waals surface area contributed by atoms with E-state index in [0.29, 0.717) is 4.57 Å². The second-order valence-corrected chi connectivity index (χ2v) is 10.4. The molecule has 0 aromatic carbocycles. The number of H-pyrrole nitrogens is 1. The Morgan fingerprint density at radius 1 is 1.17 bits per heavy atom. The summed E-state index contributed by atoms with van der Waals surface area (Å²) in [5.74, 6) is 0. The molecule has 19 nitrogen and oxygen atoms in total. The van der Waals surface area contributed by atoms with Gasteiger partial charge in [-0.05, 0) is 33.2 Å². The number of phosphoric acid groups is 1. The van der Waals surface area contributed by atoms with Crippen LogP contribution >= 0.6 is 7.82 Å². The van der Waals surface area contributed by atoms with Crippen LogP contribution in [0.25, 0.3) is 10.4 Å². The van der Waals surface area contributed by atoms with Crippen LogP contribution in [0.15, 0.2) is 27.0 Å². The van der Waals surface area contributed by atoms with Crippen molar-refractivity contribution in [1.82, 2.24) is 9.55 Å². The van der Waals surface area contributed by atoms with Gasteiger partial charge in [-0.1, -0.05) is 5.11 Å². The molecule has 1 aliphatic rings. The standard InChI is InChI=1S/C20H29FN5O14P/c1-11(2)38-18(30)33-9-36-41(32,37-10-34-19(31)39-12(3)4)35-8-20(7-23-25-22)15(28)14(21)16(40-20)26-6-5-13(27)24-17(26)29/h5-6,11-12,14-16,28H,7-10H2,1-4H3,(H,24,27,29)/t14-,15+,16?,20-/m1/s1. The van der Waals surface area contributed by atoms with Gasteiger partial charge in [0.05, 0.1) is 25.4 Å². The van der Waals surface area contributed by atoms with Gasteiger partial charge >= 0.3 is 25.8 Å². The van der Waals surface area contributed by atoms with Crippen LogP contribution in [-0.4, -0.2) is 83.8 Å². The van der Waals surface area contributed by atoms with Gasteiger partial charge in [0, 0.05) is 17.2 Å². The summed E-state index contributed by atoms with van der Waals surface area (Å²) in [5, 5.41) is 13.9. The van der Waals surface area contributed by atoms with Crippen molar-refractivity contribution in [1.29, 1.82) is 0 Å². The number of nitrogens with zero attached hydrogens (tertiary/aromatic N) is 4. The number of aromatic amines is 1. The fraction of sp³-hybridized carbons (Fsp3) is 0.700. The molecule has 0 amide bonds. The maximum atomic E-state index is 15.2. The van der Waals surface area contributed by atoms with Gasteiger partial charge in [-0.15, -0.1) is 0 Å². The van der Waals surface area contributed by atoms with E-state index in [4.69, 9.17) is 33.3 Å². The summed E-state index contributed by atoms with van der Waals surface area (Å²) in [4.78, 5) is 51.2. The van der Waals surface area contributed by atoms with E-state index in [0.717, 1.165) is 12.3 Å². The molecule has 4 atom stereocenters. The normalized spacial score (nSPS) is 22.3. The second kappa shape index (κ2) is 14.9. The highest BCUT2D eigenvalue weighted by molar-refractivity contribution is 7.48. The summed E-state index contributed by atoms with van der Waals surface area (Å²) >= 11 is 0. The van der Waals surface area contributed by atoms with Crippen LogP contribution in [0.2, 0.25) is 0 Å². The molecule has 1 aromatic rings. The van der Waals surface area contributed by atoms with Crippen molar-refractivity contribution >= 4 is 20.1 Å². The smallest absolute Gasteiger partial charge is 0.432 e. The zero-order valence-electron chi connectivity index (χ0n) is 22.2. The van der Waals surface area contributed by atoms with Crippen LogP contribution in [0, 0.1) is 0 Å². The molecule has 2 rings (SSSR count). The number of ether oxygens (including phenoxy) is 5. The Morgan fingerprint density at radius 3 is 2.22 bits per heavy atom. The van der Waals surface area contributed by atoms with Crippen molar-refractivity contribution in [2.24, 2.45) is 5.11 Å². The average Bonchev–Trinajstić information content (AvgIpc) is 3.11. The zero-order valence-corrected chi connectivity index (χ0v) is 23.1. The Hall–Kier alpha value is -3.51. The van der Waals surface area contributed by atoms with Gasteiger partial charge in [0.2, 0.25) is 13.6 Å². The summed E-state index contributed by atoms with van der Waals surface area (Å²) < 4.78 is 68.2. The van der Waals surface area contributed by atoms with E-state index in [2.05, 4.69) is 19.5 Å². The largest absolute Gasteiger partial charge is 0.510 e. The van der Waals surface area contributed by atoms with Gasteiger partial charge in [0.1, 0.15) is 11.7 Å². The van der Waals surface area contributed by atoms with Gasteiger partial charge in [-0.3, -0.25) is 18.9 Å². The first-order chi connectivity index (χ1) is 19.2. The number of halogens is 1. The molecule has 21 heteroatoms. The van der Waals surface area contributed by atoms with Gasteiger partial charge in [0.15, 0.2) is 12.4 Å². The number of hydrogen-bond acceptors (Lipinski definition) is 15. The van der Waals surface area contributed by atoms with E-state index in [1.54, 1.807) is 0 Å². The predicted octanol–water partition coefficient (Wildman–Crippen LogP) is 2.01. The number of alkyl halides is 1. The molecule has 0 saturated carbocycles. The topological polar surface area (TPSA) is 249 Å². The quantitative estimate of drug-likeness (QED) is 0.0761. The number of hydrogen-bond donors (Lipinski definition) is 2. The van der Waals surface area contributed by atoms with Crippen LogP contribution < -0.4 is 11.2 Å². The lowest BCUT2D eigenvalue weighted by Gasteiger charge is -2.31. The first-order valence-corrected chi connectivity index (χ1v) is 13.2. The molecule has 0 spiro atoms. The van der Waals surface area contributed by atoms with Crippen molar-refractivity contribution < 1.29 is 60.9 Å². The third kappa shape index (κ3) is 9.82. The number of carbonyl (C=O) groups is 2. The Morgan fingerprint density at radius 2 is 1.73 bits per heavy atom. The van der Waals surface area contributed by atoms with E-state index in [9.17, 15) is 28.8 Å². The summed E-state index contributed by atoms with van der Waals surface area (Å²) in [6, 6.07) is 0.887. The van der Waals surface area contributed by atoms with Crippen molar-refractivity contribution in [3.8, 4) is 0 Å². The van der Waals surface area contributed by atoms with Crippen LogP contribution in [0.3, 0.4) is 0 Å². The van der Waals surface area contributed by atoms with Gasteiger partial charge in [-0.25, -0.2) is 32.4 Å². The summed E-state index contributed by atoms with van der Waals surface area (Å²) in [6.45, 7) is 2.04. The number of aliphatic hydroxyl groups is 1. The molecule has 41 heavy (non-hydrogen) atoms. The van der Waals surface area contributed by atoms with Crippen molar-refractivity contribution in [2.45, 2.75) is 64.0 Å². The maximum Gasteiger partial charge on any atom is 0.510 e. The van der Waals surface area contributed by atoms with E-state index < -0.39 is 94.4 Å². The van der Waals surface area contributed by atoms with Gasteiger partial charge in [0.25, 0.3) is 5.56 Å². The molecule has 0 aliphatic carbocycles. The van der Waals surface area contributed by atoms with Gasteiger partial charge < -0.3 is 28.8 Å². The molecular weight excluding hydrogens is 584 g/mol. The Labute approximate surface area is 230 Å². The fourth-order valence-electron chi connectivity index (χ4n) is 3.14. The Balaban J connectivity index is 2.26. The molecule has 230 valence electrons. The Bertz CT molecular complexity index is 1240. The van der Waals surface area contributed by atoms with Crippen molar-refractivity contribution in [2.75, 3.05) is 26.7 Å². The third-order valence-corrected chi connectivity index (χ3v) is 6.19. The van der Waals surface area contributed by atoms with E-state index in [-0.39, 0.29) is 0 Å². The van der Waals surface area contributed by atoms with Crippen LogP contribution in [0.1, 0.15) is 33.9 Å². The third-order valence-electron chi connectivity index (χ3n) is 4.90. The number of rotatable bonds is 14. The summed E-state index contributed by atoms with van der Waals surface area (Å²) in [6.07, 6.45) is -9.06. The minimum absolute atomic E-state index is 0.569. The number of azide groups is 1. The molecule has 2 N–H and O–H groups in total. The summed E-state index contributed by atoms with van der Waals surface area (Å²) in [5.41, 5.74) is 4.62. The second-order valence-electron chi connectivity index (χ2n) is 8.71. The lowest BCUT2D eigenvalue weighted by atomic mass is 9.97. The molecule has 0 bridgehead atoms. The fourth-order valence-corrected chi connectivity index (χ4v) is 4.10. The molecule has 1 aromatic heterocycles. The van der Waals surface area contributed by atoms with Crippen molar-refractivity contribution in [3.63, 3.8) is 0 Å². The maximum absolute atomic E-state index is 15.2. The van der Waals surface area contributed by atoms with Crippen molar-refractivity contribution in [3.05, 3.63) is 43.5 Å². The van der Waals surface area contributed by atoms with Crippen LogP contribution in [-0.2, 0) is 41.8 Å². The SMILES string of the molecule is CC(C)OC(=O)OCOP(=O)(OCOC(=O)OC(C)C)OC[C@@]1(CN=[N+]=[N-])OC(n2ccc(=O)[nH]c2=O)[C@H](F)[C@@H]1O. The number of carbonyl (C=O) groups excluding carboxylic acids is 2. The van der Waals surface area contributed by atoms with E-state index >= 15 is 4.39 Å². The first kappa shape index (κ1) is 33.7. The zero-order chi connectivity index (χ0) is 30.8. The highest BCUT2D eigenvalue weighted by Crippen LogP contribution is 2.51. The number of aromatic nitrogens is 2. The molecule has 1 aliphatic heterocycles. The highest BCUT2D eigenvalue weighted by atomic mass is 31.2. The minimum Gasteiger partial charge on any atom is -0.432 e. The van der Waals surface area contributed by atoms with Crippen LogP contribution in [0.5, 0.6) is 0 Å². The number of phosphoric ester groups is 1. The molecular formula is C20H29FN5O14P. The number of nitrogens with one attached hydrogen (secondary N) is 1. The molecule has 1 fully saturated rings. The first-order valence-electron chi connectivity index (χ1n) is 11.7. The van der Waals surface area contributed by atoms with E-state index in [1.165, 1.54) is 27.7 Å². The number of aliphatic hydroxyl groups excluding tert-OH is 1. The van der Waals surface area contributed by atoms with Crippen LogP contribution in [0.4, 0.5) is 14.0 Å². The summed E-state index contributed by atoms with van der Waals surface area (Å²) in [7, 11) is -4.91.